The minimum Gasteiger partial charge on any atom is -0.494 e. The Hall–Kier alpha value is -2.62. The van der Waals surface area contributed by atoms with Crippen molar-refractivity contribution in [2.45, 2.75) is 32.8 Å². The Balaban J connectivity index is 1.70. The molecule has 0 aliphatic heterocycles. The van der Waals surface area contributed by atoms with Gasteiger partial charge in [0.05, 0.1) is 6.61 Å². The highest BCUT2D eigenvalue weighted by molar-refractivity contribution is 6.00. The van der Waals surface area contributed by atoms with Crippen LogP contribution in [0.25, 0.3) is 0 Å². The van der Waals surface area contributed by atoms with E-state index in [4.69, 9.17) is 9.47 Å². The van der Waals surface area contributed by atoms with E-state index in [0.717, 1.165) is 11.3 Å². The van der Waals surface area contributed by atoms with Crippen LogP contribution in [0.4, 0.5) is 0 Å². The van der Waals surface area contributed by atoms with E-state index in [1.807, 2.05) is 37.3 Å². The summed E-state index contributed by atoms with van der Waals surface area (Å²) in [6, 6.07) is 16.6. The van der Waals surface area contributed by atoms with Gasteiger partial charge in [0.1, 0.15) is 5.75 Å². The summed E-state index contributed by atoms with van der Waals surface area (Å²) < 4.78 is 10.8. The number of aryl methyl sites for hydroxylation is 1. The van der Waals surface area contributed by atoms with E-state index in [9.17, 15) is 9.59 Å². The second-order valence-corrected chi connectivity index (χ2v) is 5.63. The Labute approximate surface area is 142 Å². The fraction of sp³-hybridized carbons (Fsp3) is 0.300. The minimum atomic E-state index is -0.780. The molecular formula is C20H22O4. The van der Waals surface area contributed by atoms with E-state index in [1.54, 1.807) is 31.2 Å². The first-order valence-electron chi connectivity index (χ1n) is 8.04. The van der Waals surface area contributed by atoms with E-state index in [2.05, 4.69) is 0 Å². The molecule has 2 aromatic rings. The van der Waals surface area contributed by atoms with Gasteiger partial charge in [0.25, 0.3) is 0 Å². The Morgan fingerprint density at radius 2 is 1.79 bits per heavy atom. The molecule has 0 heterocycles. The van der Waals surface area contributed by atoms with Gasteiger partial charge in [-0.25, -0.2) is 0 Å². The van der Waals surface area contributed by atoms with Crippen LogP contribution in [0, 0.1) is 6.92 Å². The van der Waals surface area contributed by atoms with Crippen molar-refractivity contribution in [2.75, 3.05) is 6.61 Å². The number of carbonyl (C=O) groups is 2. The molecular weight excluding hydrogens is 304 g/mol. The first kappa shape index (κ1) is 17.7. The number of hydrogen-bond acceptors (Lipinski definition) is 4. The van der Waals surface area contributed by atoms with Crippen LogP contribution in [0.3, 0.4) is 0 Å². The van der Waals surface area contributed by atoms with Crippen LogP contribution in [-0.4, -0.2) is 24.5 Å². The van der Waals surface area contributed by atoms with Gasteiger partial charge in [-0.05, 0) is 38.0 Å². The van der Waals surface area contributed by atoms with Crippen molar-refractivity contribution in [3.8, 4) is 5.75 Å². The zero-order valence-corrected chi connectivity index (χ0v) is 14.0. The van der Waals surface area contributed by atoms with Gasteiger partial charge in [-0.1, -0.05) is 42.5 Å². The summed E-state index contributed by atoms with van der Waals surface area (Å²) in [5, 5.41) is 0. The lowest BCUT2D eigenvalue weighted by atomic mass is 10.1. The summed E-state index contributed by atoms with van der Waals surface area (Å²) in [6.45, 7) is 4.02. The van der Waals surface area contributed by atoms with Crippen molar-refractivity contribution in [1.82, 2.24) is 0 Å². The Bertz CT molecular complexity index is 679. The van der Waals surface area contributed by atoms with E-state index in [0.29, 0.717) is 18.6 Å². The first-order chi connectivity index (χ1) is 11.6. The van der Waals surface area contributed by atoms with Crippen molar-refractivity contribution >= 4 is 11.8 Å². The zero-order chi connectivity index (χ0) is 17.4. The third kappa shape index (κ3) is 5.54. The summed E-state index contributed by atoms with van der Waals surface area (Å²) in [4.78, 5) is 23.9. The highest BCUT2D eigenvalue weighted by atomic mass is 16.5. The lowest BCUT2D eigenvalue weighted by Crippen LogP contribution is -2.24. The van der Waals surface area contributed by atoms with Crippen LogP contribution < -0.4 is 4.74 Å². The third-order valence-corrected chi connectivity index (χ3v) is 3.52. The van der Waals surface area contributed by atoms with Crippen LogP contribution in [0.1, 0.15) is 35.7 Å². The lowest BCUT2D eigenvalue weighted by molar-refractivity contribution is -0.146. The molecule has 0 aliphatic carbocycles. The molecule has 0 aromatic heterocycles. The molecule has 126 valence electrons. The number of ketones is 1. The highest BCUT2D eigenvalue weighted by Gasteiger charge is 2.18. The number of rotatable bonds is 8. The lowest BCUT2D eigenvalue weighted by Gasteiger charge is -2.12. The number of Topliss-reactive ketones (excluding diaryl/α,β-unsaturated/α-hetero) is 1. The molecule has 4 nitrogen and oxygen atoms in total. The molecule has 1 atom stereocenters. The molecule has 24 heavy (non-hydrogen) atoms. The molecule has 1 unspecified atom stereocenters. The number of esters is 1. The number of carbonyl (C=O) groups excluding carboxylic acids is 2. The van der Waals surface area contributed by atoms with Gasteiger partial charge in [0, 0.05) is 12.0 Å². The van der Waals surface area contributed by atoms with Gasteiger partial charge in [-0.2, -0.15) is 0 Å². The van der Waals surface area contributed by atoms with Crippen LogP contribution in [0.2, 0.25) is 0 Å². The molecule has 0 saturated heterocycles. The SMILES string of the molecule is Cc1cccc(OCCCC(=O)OC(C)C(=O)c2ccccc2)c1. The Morgan fingerprint density at radius 1 is 1.04 bits per heavy atom. The van der Waals surface area contributed by atoms with E-state index in [1.165, 1.54) is 0 Å². The summed E-state index contributed by atoms with van der Waals surface area (Å²) >= 11 is 0. The molecule has 0 N–H and O–H groups in total. The molecule has 0 bridgehead atoms. The molecule has 2 aromatic carbocycles. The van der Waals surface area contributed by atoms with Crippen molar-refractivity contribution in [3.05, 3.63) is 65.7 Å². The van der Waals surface area contributed by atoms with E-state index in [-0.39, 0.29) is 18.2 Å². The maximum Gasteiger partial charge on any atom is 0.306 e. The zero-order valence-electron chi connectivity index (χ0n) is 14.0. The second kappa shape index (κ2) is 8.87. The van der Waals surface area contributed by atoms with Gasteiger partial charge in [-0.3, -0.25) is 9.59 Å². The summed E-state index contributed by atoms with van der Waals surface area (Å²) in [5.74, 6) is 0.204. The van der Waals surface area contributed by atoms with Crippen molar-refractivity contribution in [2.24, 2.45) is 0 Å². The maximum absolute atomic E-state index is 12.1. The number of benzene rings is 2. The molecule has 0 fully saturated rings. The molecule has 2 rings (SSSR count). The molecule has 0 amide bonds. The molecule has 0 saturated carbocycles. The molecule has 4 heteroatoms. The van der Waals surface area contributed by atoms with Crippen LogP contribution in [-0.2, 0) is 9.53 Å². The summed E-state index contributed by atoms with van der Waals surface area (Å²) in [5.41, 5.74) is 1.67. The van der Waals surface area contributed by atoms with Crippen LogP contribution in [0.15, 0.2) is 54.6 Å². The Kier molecular flexibility index (Phi) is 6.55. The molecule has 0 aliphatic rings. The maximum atomic E-state index is 12.1. The summed E-state index contributed by atoms with van der Waals surface area (Å²) in [7, 11) is 0. The van der Waals surface area contributed by atoms with Crippen LogP contribution in [0.5, 0.6) is 5.75 Å². The third-order valence-electron chi connectivity index (χ3n) is 3.52. The second-order valence-electron chi connectivity index (χ2n) is 5.63. The van der Waals surface area contributed by atoms with Crippen molar-refractivity contribution in [3.63, 3.8) is 0 Å². The average molecular weight is 326 g/mol. The first-order valence-corrected chi connectivity index (χ1v) is 8.04. The van der Waals surface area contributed by atoms with Gasteiger partial charge in [-0.15, -0.1) is 0 Å². The fourth-order valence-electron chi connectivity index (χ4n) is 2.26. The topological polar surface area (TPSA) is 52.6 Å². The quantitative estimate of drug-likeness (QED) is 0.418. The van der Waals surface area contributed by atoms with Crippen LogP contribution >= 0.6 is 0 Å². The standard InChI is InChI=1S/C20H22O4/c1-15-8-6-11-18(14-15)23-13-7-12-19(21)24-16(2)20(22)17-9-4-3-5-10-17/h3-6,8-11,14,16H,7,12-13H2,1-2H3. The predicted octanol–water partition coefficient (Wildman–Crippen LogP) is 3.97. The van der Waals surface area contributed by atoms with E-state index < -0.39 is 6.10 Å². The van der Waals surface area contributed by atoms with Gasteiger partial charge < -0.3 is 9.47 Å². The summed E-state index contributed by atoms with van der Waals surface area (Å²) in [6.07, 6.45) is -0.0188. The highest BCUT2D eigenvalue weighted by Crippen LogP contribution is 2.13. The normalized spacial score (nSPS) is 11.6. The molecule has 0 radical (unpaired) electrons. The van der Waals surface area contributed by atoms with Gasteiger partial charge in [0.15, 0.2) is 6.10 Å². The number of ether oxygens (including phenoxy) is 2. The smallest absolute Gasteiger partial charge is 0.306 e. The fourth-order valence-corrected chi connectivity index (χ4v) is 2.26. The van der Waals surface area contributed by atoms with Crippen molar-refractivity contribution < 1.29 is 19.1 Å². The molecule has 0 spiro atoms. The van der Waals surface area contributed by atoms with Crippen molar-refractivity contribution in [1.29, 1.82) is 0 Å². The Morgan fingerprint density at radius 3 is 2.50 bits per heavy atom. The van der Waals surface area contributed by atoms with Gasteiger partial charge >= 0.3 is 5.97 Å². The monoisotopic (exact) mass is 326 g/mol. The largest absolute Gasteiger partial charge is 0.494 e. The number of hydrogen-bond donors (Lipinski definition) is 0. The average Bonchev–Trinajstić information content (AvgIpc) is 2.59. The van der Waals surface area contributed by atoms with E-state index >= 15 is 0 Å². The minimum absolute atomic E-state index is 0.194. The predicted molar refractivity (Wildman–Crippen MR) is 92.2 cm³/mol. The van der Waals surface area contributed by atoms with Gasteiger partial charge in [0.2, 0.25) is 5.78 Å².